The summed E-state index contributed by atoms with van der Waals surface area (Å²) in [6.07, 6.45) is 1.07. The number of benzene rings is 1. The molecule has 1 rings (SSSR count). The van der Waals surface area contributed by atoms with Gasteiger partial charge in [0.15, 0.2) is 5.78 Å². The maximum atomic E-state index is 12.4. The molecule has 1 atom stereocenters. The lowest BCUT2D eigenvalue weighted by atomic mass is 10.0. The maximum absolute atomic E-state index is 12.4. The third-order valence-corrected chi connectivity index (χ3v) is 3.36. The molecule has 0 amide bonds. The minimum Gasteiger partial charge on any atom is -0.292 e. The quantitative estimate of drug-likeness (QED) is 0.715. The van der Waals surface area contributed by atoms with Crippen LogP contribution in [0.1, 0.15) is 50.0 Å². The third-order valence-electron chi connectivity index (χ3n) is 3.36. The standard InChI is InChI=1S/C16H25NO/c1-6-11-17(12(2)3)14(5)16(18)15-9-7-13(4)8-10-15/h7-10,12,14H,6,11H2,1-5H3. The number of rotatable bonds is 6. The van der Waals surface area contributed by atoms with Crippen molar-refractivity contribution >= 4 is 5.78 Å². The Hall–Kier alpha value is -1.15. The number of hydrogen-bond acceptors (Lipinski definition) is 2. The van der Waals surface area contributed by atoms with Crippen LogP contribution in [-0.2, 0) is 0 Å². The number of carbonyl (C=O) groups excluding carboxylic acids is 1. The molecule has 0 fully saturated rings. The second-order valence-corrected chi connectivity index (χ2v) is 5.24. The SMILES string of the molecule is CCCN(C(C)C)C(C)C(=O)c1ccc(C)cc1. The highest BCUT2D eigenvalue weighted by molar-refractivity contribution is 5.99. The fourth-order valence-corrected chi connectivity index (χ4v) is 2.27. The molecule has 0 aliphatic carbocycles. The summed E-state index contributed by atoms with van der Waals surface area (Å²) in [5.74, 6) is 0.220. The van der Waals surface area contributed by atoms with Gasteiger partial charge in [-0.1, -0.05) is 36.8 Å². The van der Waals surface area contributed by atoms with E-state index in [0.29, 0.717) is 6.04 Å². The first-order valence-corrected chi connectivity index (χ1v) is 6.84. The number of nitrogens with zero attached hydrogens (tertiary/aromatic N) is 1. The van der Waals surface area contributed by atoms with Crippen LogP contribution < -0.4 is 0 Å². The maximum Gasteiger partial charge on any atom is 0.179 e. The molecule has 2 nitrogen and oxygen atoms in total. The third kappa shape index (κ3) is 3.67. The first-order chi connectivity index (χ1) is 8.47. The van der Waals surface area contributed by atoms with Crippen molar-refractivity contribution in [3.63, 3.8) is 0 Å². The zero-order chi connectivity index (χ0) is 13.7. The highest BCUT2D eigenvalue weighted by Crippen LogP contribution is 2.13. The second-order valence-electron chi connectivity index (χ2n) is 5.24. The van der Waals surface area contributed by atoms with Crippen molar-refractivity contribution in [2.45, 2.75) is 53.1 Å². The molecule has 100 valence electrons. The molecule has 0 aliphatic heterocycles. The van der Waals surface area contributed by atoms with Crippen LogP contribution in [0.3, 0.4) is 0 Å². The molecule has 0 N–H and O–H groups in total. The van der Waals surface area contributed by atoms with Gasteiger partial charge in [-0.25, -0.2) is 0 Å². The number of ketones is 1. The van der Waals surface area contributed by atoms with Crippen LogP contribution in [0.5, 0.6) is 0 Å². The summed E-state index contributed by atoms with van der Waals surface area (Å²) >= 11 is 0. The van der Waals surface area contributed by atoms with E-state index in [0.717, 1.165) is 18.5 Å². The van der Waals surface area contributed by atoms with Crippen LogP contribution in [0.4, 0.5) is 0 Å². The average molecular weight is 247 g/mol. The summed E-state index contributed by atoms with van der Waals surface area (Å²) in [6.45, 7) is 11.5. The van der Waals surface area contributed by atoms with E-state index in [2.05, 4.69) is 25.7 Å². The fourth-order valence-electron chi connectivity index (χ4n) is 2.27. The van der Waals surface area contributed by atoms with Crippen LogP contribution in [0.15, 0.2) is 24.3 Å². The molecule has 18 heavy (non-hydrogen) atoms. The van der Waals surface area contributed by atoms with Crippen molar-refractivity contribution < 1.29 is 4.79 Å². The van der Waals surface area contributed by atoms with Crippen LogP contribution in [0.25, 0.3) is 0 Å². The Morgan fingerprint density at radius 2 is 1.72 bits per heavy atom. The molecular formula is C16H25NO. The van der Waals surface area contributed by atoms with Gasteiger partial charge in [0.2, 0.25) is 0 Å². The Bertz CT molecular complexity index is 381. The Labute approximate surface area is 111 Å². The van der Waals surface area contributed by atoms with Crippen molar-refractivity contribution in [3.8, 4) is 0 Å². The normalized spacial score (nSPS) is 13.1. The molecule has 0 aliphatic rings. The van der Waals surface area contributed by atoms with Crippen molar-refractivity contribution in [2.75, 3.05) is 6.54 Å². The van der Waals surface area contributed by atoms with Gasteiger partial charge in [0.1, 0.15) is 0 Å². The number of hydrogen-bond donors (Lipinski definition) is 0. The van der Waals surface area contributed by atoms with Crippen molar-refractivity contribution in [1.82, 2.24) is 4.90 Å². The second kappa shape index (κ2) is 6.69. The van der Waals surface area contributed by atoms with Crippen LogP contribution in [-0.4, -0.2) is 29.3 Å². The molecule has 1 aromatic carbocycles. The van der Waals surface area contributed by atoms with E-state index >= 15 is 0 Å². The Morgan fingerprint density at radius 1 is 1.17 bits per heavy atom. The smallest absolute Gasteiger partial charge is 0.179 e. The van der Waals surface area contributed by atoms with Gasteiger partial charge in [-0.2, -0.15) is 0 Å². The fraction of sp³-hybridized carbons (Fsp3) is 0.562. The van der Waals surface area contributed by atoms with Gasteiger partial charge in [-0.15, -0.1) is 0 Å². The lowest BCUT2D eigenvalue weighted by Crippen LogP contribution is -2.43. The highest BCUT2D eigenvalue weighted by Gasteiger charge is 2.23. The van der Waals surface area contributed by atoms with E-state index in [9.17, 15) is 4.79 Å². The zero-order valence-electron chi connectivity index (χ0n) is 12.2. The van der Waals surface area contributed by atoms with Crippen LogP contribution in [0, 0.1) is 6.92 Å². The Kier molecular flexibility index (Phi) is 5.54. The summed E-state index contributed by atoms with van der Waals surface area (Å²) in [7, 11) is 0. The molecule has 0 spiro atoms. The largest absolute Gasteiger partial charge is 0.292 e. The average Bonchev–Trinajstić information content (AvgIpc) is 2.35. The molecular weight excluding hydrogens is 222 g/mol. The molecule has 0 saturated heterocycles. The molecule has 0 heterocycles. The molecule has 1 aromatic rings. The molecule has 1 unspecified atom stereocenters. The van der Waals surface area contributed by atoms with Crippen LogP contribution in [0.2, 0.25) is 0 Å². The lowest BCUT2D eigenvalue weighted by molar-refractivity contribution is 0.0789. The van der Waals surface area contributed by atoms with Crippen molar-refractivity contribution in [3.05, 3.63) is 35.4 Å². The monoisotopic (exact) mass is 247 g/mol. The zero-order valence-corrected chi connectivity index (χ0v) is 12.2. The summed E-state index contributed by atoms with van der Waals surface area (Å²) in [5, 5.41) is 0. The predicted molar refractivity (Wildman–Crippen MR) is 77.1 cm³/mol. The summed E-state index contributed by atoms with van der Waals surface area (Å²) in [6, 6.07) is 8.21. The highest BCUT2D eigenvalue weighted by atomic mass is 16.1. The van der Waals surface area contributed by atoms with Gasteiger partial charge in [-0.05, 0) is 40.7 Å². The van der Waals surface area contributed by atoms with Gasteiger partial charge >= 0.3 is 0 Å². The Morgan fingerprint density at radius 3 is 2.17 bits per heavy atom. The Balaban J connectivity index is 2.84. The van der Waals surface area contributed by atoms with Crippen molar-refractivity contribution in [2.24, 2.45) is 0 Å². The lowest BCUT2D eigenvalue weighted by Gasteiger charge is -2.31. The number of aryl methyl sites for hydroxylation is 1. The van der Waals surface area contributed by atoms with Gasteiger partial charge in [0.25, 0.3) is 0 Å². The van der Waals surface area contributed by atoms with E-state index in [1.165, 1.54) is 5.56 Å². The first kappa shape index (κ1) is 14.9. The summed E-state index contributed by atoms with van der Waals surface area (Å²) < 4.78 is 0. The molecule has 0 saturated carbocycles. The molecule has 0 radical (unpaired) electrons. The number of carbonyl (C=O) groups is 1. The molecule has 0 aromatic heterocycles. The van der Waals surface area contributed by atoms with E-state index in [1.807, 2.05) is 38.1 Å². The van der Waals surface area contributed by atoms with E-state index in [4.69, 9.17) is 0 Å². The van der Waals surface area contributed by atoms with E-state index < -0.39 is 0 Å². The van der Waals surface area contributed by atoms with Gasteiger partial charge in [-0.3, -0.25) is 9.69 Å². The molecule has 2 heteroatoms. The van der Waals surface area contributed by atoms with Crippen LogP contribution >= 0.6 is 0 Å². The number of Topliss-reactive ketones (excluding diaryl/α,β-unsaturated/α-hetero) is 1. The predicted octanol–water partition coefficient (Wildman–Crippen LogP) is 3.69. The van der Waals surface area contributed by atoms with Gasteiger partial charge < -0.3 is 0 Å². The van der Waals surface area contributed by atoms with Gasteiger partial charge in [0, 0.05) is 11.6 Å². The summed E-state index contributed by atoms with van der Waals surface area (Å²) in [4.78, 5) is 14.7. The minimum atomic E-state index is -0.0485. The van der Waals surface area contributed by atoms with E-state index in [-0.39, 0.29) is 11.8 Å². The first-order valence-electron chi connectivity index (χ1n) is 6.84. The summed E-state index contributed by atoms with van der Waals surface area (Å²) in [5.41, 5.74) is 2.00. The molecule has 0 bridgehead atoms. The van der Waals surface area contributed by atoms with E-state index in [1.54, 1.807) is 0 Å². The topological polar surface area (TPSA) is 20.3 Å². The minimum absolute atomic E-state index is 0.0485. The van der Waals surface area contributed by atoms with Crippen molar-refractivity contribution in [1.29, 1.82) is 0 Å². The van der Waals surface area contributed by atoms with Gasteiger partial charge in [0.05, 0.1) is 6.04 Å².